The lowest BCUT2D eigenvalue weighted by molar-refractivity contribution is 0.275. The molecule has 5 heteroatoms. The monoisotopic (exact) mass is 347 g/mol. The van der Waals surface area contributed by atoms with Gasteiger partial charge in [-0.05, 0) is 66.0 Å². The van der Waals surface area contributed by atoms with Crippen LogP contribution in [0.5, 0.6) is 11.5 Å². The van der Waals surface area contributed by atoms with Crippen molar-refractivity contribution in [3.8, 4) is 11.5 Å². The molecular formula is C14H22BrNO2S. The molecule has 0 fully saturated rings. The largest absolute Gasteiger partial charge is 0.490 e. The zero-order valence-corrected chi connectivity index (χ0v) is 14.2. The van der Waals surface area contributed by atoms with Crippen molar-refractivity contribution in [1.29, 1.82) is 0 Å². The smallest absolute Gasteiger partial charge is 0.175 e. The highest BCUT2D eigenvalue weighted by Gasteiger charge is 2.12. The molecule has 0 spiro atoms. The Morgan fingerprint density at radius 1 is 1.32 bits per heavy atom. The number of hydrogen-bond donors (Lipinski definition) is 1. The van der Waals surface area contributed by atoms with E-state index in [9.17, 15) is 0 Å². The van der Waals surface area contributed by atoms with Crippen LogP contribution in [0.1, 0.15) is 18.9 Å². The molecule has 0 aliphatic carbocycles. The van der Waals surface area contributed by atoms with E-state index in [1.165, 1.54) is 5.56 Å². The van der Waals surface area contributed by atoms with Gasteiger partial charge in [0, 0.05) is 6.54 Å². The van der Waals surface area contributed by atoms with Crippen LogP contribution in [-0.4, -0.2) is 32.3 Å². The fourth-order valence-electron chi connectivity index (χ4n) is 1.71. The molecule has 0 atom stereocenters. The molecule has 1 aromatic carbocycles. The topological polar surface area (TPSA) is 30.5 Å². The Labute approximate surface area is 128 Å². The third-order valence-electron chi connectivity index (χ3n) is 2.49. The summed E-state index contributed by atoms with van der Waals surface area (Å²) in [7, 11) is 1.93. The van der Waals surface area contributed by atoms with Crippen LogP contribution in [0.3, 0.4) is 0 Å². The zero-order chi connectivity index (χ0) is 14.1. The van der Waals surface area contributed by atoms with Crippen LogP contribution >= 0.6 is 27.7 Å². The summed E-state index contributed by atoms with van der Waals surface area (Å²) in [6.07, 6.45) is 3.14. The highest BCUT2D eigenvalue weighted by molar-refractivity contribution is 9.10. The molecule has 0 aliphatic rings. The standard InChI is InChI=1S/C14H22BrNO2S/c1-4-17-13-9-11(10-16-2)8-12(15)14(13)18-6-5-7-19-3/h8-9,16H,4-7,10H2,1-3H3. The molecule has 19 heavy (non-hydrogen) atoms. The summed E-state index contributed by atoms with van der Waals surface area (Å²) in [5.41, 5.74) is 1.18. The molecule has 108 valence electrons. The average molecular weight is 348 g/mol. The predicted molar refractivity (Wildman–Crippen MR) is 86.6 cm³/mol. The molecule has 1 N–H and O–H groups in total. The molecule has 0 saturated heterocycles. The van der Waals surface area contributed by atoms with E-state index in [1.807, 2.05) is 31.8 Å². The van der Waals surface area contributed by atoms with Gasteiger partial charge in [0.2, 0.25) is 0 Å². The molecule has 1 rings (SSSR count). The quantitative estimate of drug-likeness (QED) is 0.690. The molecule has 0 amide bonds. The lowest BCUT2D eigenvalue weighted by Gasteiger charge is -2.15. The van der Waals surface area contributed by atoms with Crippen molar-refractivity contribution in [2.75, 3.05) is 32.3 Å². The van der Waals surface area contributed by atoms with Gasteiger partial charge in [-0.15, -0.1) is 0 Å². The highest BCUT2D eigenvalue weighted by Crippen LogP contribution is 2.37. The Hall–Kier alpha value is -0.390. The minimum atomic E-state index is 0.636. The fourth-order valence-corrected chi connectivity index (χ4v) is 2.72. The first-order chi connectivity index (χ1) is 9.22. The van der Waals surface area contributed by atoms with Crippen molar-refractivity contribution in [3.05, 3.63) is 22.2 Å². The van der Waals surface area contributed by atoms with Gasteiger partial charge in [-0.1, -0.05) is 0 Å². The summed E-state index contributed by atoms with van der Waals surface area (Å²) in [5, 5.41) is 3.14. The first kappa shape index (κ1) is 16.7. The van der Waals surface area contributed by atoms with E-state index in [-0.39, 0.29) is 0 Å². The van der Waals surface area contributed by atoms with E-state index in [2.05, 4.69) is 33.6 Å². The van der Waals surface area contributed by atoms with Crippen molar-refractivity contribution in [1.82, 2.24) is 5.32 Å². The van der Waals surface area contributed by atoms with Crippen LogP contribution in [-0.2, 0) is 6.54 Å². The van der Waals surface area contributed by atoms with E-state index < -0.39 is 0 Å². The minimum Gasteiger partial charge on any atom is -0.490 e. The number of rotatable bonds is 9. The molecule has 0 unspecified atom stereocenters. The molecule has 0 aromatic heterocycles. The van der Waals surface area contributed by atoms with Gasteiger partial charge in [0.1, 0.15) is 0 Å². The van der Waals surface area contributed by atoms with Crippen LogP contribution in [0.2, 0.25) is 0 Å². The second kappa shape index (κ2) is 9.50. The van der Waals surface area contributed by atoms with Crippen molar-refractivity contribution in [3.63, 3.8) is 0 Å². The molecule has 0 bridgehead atoms. The van der Waals surface area contributed by atoms with Crippen molar-refractivity contribution in [2.24, 2.45) is 0 Å². The van der Waals surface area contributed by atoms with E-state index in [4.69, 9.17) is 9.47 Å². The van der Waals surface area contributed by atoms with Crippen LogP contribution < -0.4 is 14.8 Å². The first-order valence-corrected chi connectivity index (χ1v) is 8.63. The third kappa shape index (κ3) is 5.63. The number of nitrogens with one attached hydrogen (secondary N) is 1. The Kier molecular flexibility index (Phi) is 8.34. The lowest BCUT2D eigenvalue weighted by Crippen LogP contribution is -2.07. The van der Waals surface area contributed by atoms with Crippen LogP contribution in [0.15, 0.2) is 16.6 Å². The average Bonchev–Trinajstić information content (AvgIpc) is 2.38. The molecule has 0 heterocycles. The molecule has 3 nitrogen and oxygen atoms in total. The van der Waals surface area contributed by atoms with E-state index >= 15 is 0 Å². The van der Waals surface area contributed by atoms with E-state index in [0.717, 1.165) is 34.7 Å². The maximum atomic E-state index is 5.85. The molecule has 1 aromatic rings. The number of benzene rings is 1. The first-order valence-electron chi connectivity index (χ1n) is 6.44. The zero-order valence-electron chi connectivity index (χ0n) is 11.8. The normalized spacial score (nSPS) is 10.5. The van der Waals surface area contributed by atoms with Crippen molar-refractivity contribution in [2.45, 2.75) is 19.9 Å². The summed E-state index contributed by atoms with van der Waals surface area (Å²) in [5.74, 6) is 2.73. The highest BCUT2D eigenvalue weighted by atomic mass is 79.9. The SMILES string of the molecule is CCOc1cc(CNC)cc(Br)c1OCCCSC. The number of halogens is 1. The Bertz CT molecular complexity index is 388. The van der Waals surface area contributed by atoms with Gasteiger partial charge in [0.05, 0.1) is 17.7 Å². The summed E-state index contributed by atoms with van der Waals surface area (Å²) in [4.78, 5) is 0. The molecule has 0 radical (unpaired) electrons. The van der Waals surface area contributed by atoms with Crippen LogP contribution in [0, 0.1) is 0 Å². The van der Waals surface area contributed by atoms with Gasteiger partial charge < -0.3 is 14.8 Å². The van der Waals surface area contributed by atoms with E-state index in [1.54, 1.807) is 0 Å². The number of hydrogen-bond acceptors (Lipinski definition) is 4. The van der Waals surface area contributed by atoms with Gasteiger partial charge in [0.15, 0.2) is 11.5 Å². The summed E-state index contributed by atoms with van der Waals surface area (Å²) in [6.45, 7) is 4.14. The summed E-state index contributed by atoms with van der Waals surface area (Å²) in [6, 6.07) is 4.11. The molecule has 0 saturated carbocycles. The second-order valence-electron chi connectivity index (χ2n) is 4.06. The maximum absolute atomic E-state index is 5.85. The molecular weight excluding hydrogens is 326 g/mol. The van der Waals surface area contributed by atoms with Gasteiger partial charge in [-0.3, -0.25) is 0 Å². The van der Waals surface area contributed by atoms with E-state index in [0.29, 0.717) is 13.2 Å². The number of thioether (sulfide) groups is 1. The lowest BCUT2D eigenvalue weighted by atomic mass is 10.2. The van der Waals surface area contributed by atoms with Crippen molar-refractivity contribution < 1.29 is 9.47 Å². The van der Waals surface area contributed by atoms with Gasteiger partial charge in [0.25, 0.3) is 0 Å². The fraction of sp³-hybridized carbons (Fsp3) is 0.571. The van der Waals surface area contributed by atoms with Gasteiger partial charge >= 0.3 is 0 Å². The minimum absolute atomic E-state index is 0.636. The Morgan fingerprint density at radius 2 is 2.11 bits per heavy atom. The summed E-state index contributed by atoms with van der Waals surface area (Å²) >= 11 is 5.40. The van der Waals surface area contributed by atoms with Crippen LogP contribution in [0.4, 0.5) is 0 Å². The number of ether oxygens (including phenoxy) is 2. The maximum Gasteiger partial charge on any atom is 0.175 e. The summed E-state index contributed by atoms with van der Waals surface area (Å²) < 4.78 is 12.5. The second-order valence-corrected chi connectivity index (χ2v) is 5.90. The van der Waals surface area contributed by atoms with Crippen LogP contribution in [0.25, 0.3) is 0 Å². The van der Waals surface area contributed by atoms with Gasteiger partial charge in [-0.25, -0.2) is 0 Å². The third-order valence-corrected chi connectivity index (χ3v) is 3.78. The van der Waals surface area contributed by atoms with Crippen molar-refractivity contribution >= 4 is 27.7 Å². The van der Waals surface area contributed by atoms with Gasteiger partial charge in [-0.2, -0.15) is 11.8 Å². The molecule has 0 aliphatic heterocycles. The predicted octanol–water partition coefficient (Wildman–Crippen LogP) is 3.70. The Balaban J connectivity index is 2.81. The Morgan fingerprint density at radius 3 is 2.74 bits per heavy atom.